The van der Waals surface area contributed by atoms with Crippen LogP contribution in [0.2, 0.25) is 5.02 Å². The van der Waals surface area contributed by atoms with Gasteiger partial charge in [0.05, 0.1) is 0 Å². The molecule has 2 aromatic rings. The second-order valence-electron chi connectivity index (χ2n) is 5.59. The molecule has 110 valence electrons. The third-order valence-corrected chi connectivity index (χ3v) is 4.40. The number of rotatable bonds is 4. The minimum absolute atomic E-state index is 0.773. The van der Waals surface area contributed by atoms with Gasteiger partial charge in [-0.3, -0.25) is 4.90 Å². The van der Waals surface area contributed by atoms with Crippen LogP contribution >= 0.6 is 11.6 Å². The van der Waals surface area contributed by atoms with E-state index in [2.05, 4.69) is 41.3 Å². The maximum absolute atomic E-state index is 6.17. The third kappa shape index (κ3) is 3.29. The minimum Gasteiger partial charge on any atom is -0.330 e. The largest absolute Gasteiger partial charge is 0.330 e. The Kier molecular flexibility index (Phi) is 4.59. The van der Waals surface area contributed by atoms with Gasteiger partial charge >= 0.3 is 0 Å². The highest BCUT2D eigenvalue weighted by molar-refractivity contribution is 6.31. The van der Waals surface area contributed by atoms with Crippen molar-refractivity contribution in [2.75, 3.05) is 26.2 Å². The van der Waals surface area contributed by atoms with Gasteiger partial charge in [-0.2, -0.15) is 0 Å². The topological polar surface area (TPSA) is 29.3 Å². The lowest BCUT2D eigenvalue weighted by molar-refractivity contribution is 0.300. The average molecular weight is 301 g/mol. The molecule has 0 fully saturated rings. The van der Waals surface area contributed by atoms with Gasteiger partial charge in [0.25, 0.3) is 0 Å². The summed E-state index contributed by atoms with van der Waals surface area (Å²) >= 11 is 6.17. The van der Waals surface area contributed by atoms with Crippen molar-refractivity contribution in [1.82, 2.24) is 4.90 Å². The molecular formula is C18H21ClN2. The van der Waals surface area contributed by atoms with Gasteiger partial charge in [-0.05, 0) is 60.0 Å². The van der Waals surface area contributed by atoms with E-state index in [0.717, 1.165) is 44.0 Å². The monoisotopic (exact) mass is 300 g/mol. The number of benzene rings is 2. The predicted molar refractivity (Wildman–Crippen MR) is 91.7 cm³/mol. The first-order valence-corrected chi connectivity index (χ1v) is 7.96. The zero-order chi connectivity index (χ0) is 14.7. The maximum atomic E-state index is 6.17. The summed E-state index contributed by atoms with van der Waals surface area (Å²) in [5.74, 6) is 0. The number of nitrogens with two attached hydrogens (primary N) is 1. The van der Waals surface area contributed by atoms with E-state index in [9.17, 15) is 0 Å². The van der Waals surface area contributed by atoms with E-state index < -0.39 is 0 Å². The van der Waals surface area contributed by atoms with Crippen LogP contribution in [0.1, 0.15) is 18.4 Å². The molecule has 0 amide bonds. The molecule has 2 N–H and O–H groups in total. The highest BCUT2D eigenvalue weighted by Gasteiger charge is 2.14. The van der Waals surface area contributed by atoms with E-state index >= 15 is 0 Å². The molecule has 3 heteroatoms. The summed E-state index contributed by atoms with van der Waals surface area (Å²) in [6.07, 6.45) is 4.53. The minimum atomic E-state index is 0.773. The Morgan fingerprint density at radius 2 is 2.10 bits per heavy atom. The molecule has 1 aliphatic rings. The van der Waals surface area contributed by atoms with Crippen molar-refractivity contribution in [1.29, 1.82) is 0 Å². The first-order valence-electron chi connectivity index (χ1n) is 7.58. The molecule has 0 unspecified atom stereocenters. The first-order chi connectivity index (χ1) is 10.3. The van der Waals surface area contributed by atoms with Gasteiger partial charge < -0.3 is 5.73 Å². The summed E-state index contributed by atoms with van der Waals surface area (Å²) in [6.45, 7) is 4.01. The molecule has 0 bridgehead atoms. The summed E-state index contributed by atoms with van der Waals surface area (Å²) in [5.41, 5.74) is 8.35. The van der Waals surface area contributed by atoms with Crippen LogP contribution in [-0.4, -0.2) is 31.1 Å². The van der Waals surface area contributed by atoms with Gasteiger partial charge in [0.1, 0.15) is 0 Å². The average Bonchev–Trinajstić information content (AvgIpc) is 2.53. The molecule has 2 nitrogen and oxygen atoms in total. The number of hydrogen-bond acceptors (Lipinski definition) is 2. The van der Waals surface area contributed by atoms with Crippen LogP contribution in [-0.2, 0) is 0 Å². The summed E-state index contributed by atoms with van der Waals surface area (Å²) < 4.78 is 0. The number of nitrogens with zero attached hydrogens (tertiary/aromatic N) is 1. The highest BCUT2D eigenvalue weighted by Crippen LogP contribution is 2.30. The lowest BCUT2D eigenvalue weighted by Crippen LogP contribution is -2.30. The van der Waals surface area contributed by atoms with E-state index in [1.807, 2.05) is 6.07 Å². The van der Waals surface area contributed by atoms with Gasteiger partial charge in [0.2, 0.25) is 0 Å². The van der Waals surface area contributed by atoms with Crippen molar-refractivity contribution >= 4 is 27.9 Å². The second-order valence-corrected chi connectivity index (χ2v) is 6.03. The van der Waals surface area contributed by atoms with Gasteiger partial charge in [0, 0.05) is 18.1 Å². The zero-order valence-corrected chi connectivity index (χ0v) is 12.9. The Bertz CT molecular complexity index is 663. The Morgan fingerprint density at radius 3 is 2.86 bits per heavy atom. The van der Waals surface area contributed by atoms with Crippen LogP contribution in [0, 0.1) is 0 Å². The zero-order valence-electron chi connectivity index (χ0n) is 12.2. The van der Waals surface area contributed by atoms with E-state index in [1.54, 1.807) is 0 Å². The van der Waals surface area contributed by atoms with Gasteiger partial charge in [-0.15, -0.1) is 0 Å². The van der Waals surface area contributed by atoms with Crippen LogP contribution in [0.5, 0.6) is 0 Å². The van der Waals surface area contributed by atoms with E-state index in [0.29, 0.717) is 0 Å². The van der Waals surface area contributed by atoms with Crippen molar-refractivity contribution in [3.8, 4) is 0 Å². The first kappa shape index (κ1) is 14.6. The van der Waals surface area contributed by atoms with Crippen molar-refractivity contribution in [3.05, 3.63) is 53.1 Å². The molecule has 2 aromatic carbocycles. The van der Waals surface area contributed by atoms with Gasteiger partial charge in [-0.1, -0.05) is 41.9 Å². The quantitative estimate of drug-likeness (QED) is 0.927. The van der Waals surface area contributed by atoms with Crippen LogP contribution < -0.4 is 5.73 Å². The summed E-state index contributed by atoms with van der Waals surface area (Å²) in [4.78, 5) is 2.47. The van der Waals surface area contributed by atoms with Crippen LogP contribution in [0.4, 0.5) is 0 Å². The second kappa shape index (κ2) is 6.61. The maximum Gasteiger partial charge on any atom is 0.0412 e. The van der Waals surface area contributed by atoms with Crippen molar-refractivity contribution in [2.45, 2.75) is 12.8 Å². The number of hydrogen-bond donors (Lipinski definition) is 1. The molecule has 1 aliphatic heterocycles. The highest BCUT2D eigenvalue weighted by atomic mass is 35.5. The molecular weight excluding hydrogens is 280 g/mol. The van der Waals surface area contributed by atoms with Crippen LogP contribution in [0.3, 0.4) is 0 Å². The molecule has 0 aliphatic carbocycles. The van der Waals surface area contributed by atoms with Crippen molar-refractivity contribution < 1.29 is 0 Å². The molecule has 21 heavy (non-hydrogen) atoms. The third-order valence-electron chi connectivity index (χ3n) is 4.16. The van der Waals surface area contributed by atoms with Crippen LogP contribution in [0.25, 0.3) is 16.3 Å². The number of fused-ring (bicyclic) bond motifs is 1. The number of halogens is 1. The molecule has 0 saturated carbocycles. The van der Waals surface area contributed by atoms with E-state index in [-0.39, 0.29) is 0 Å². The van der Waals surface area contributed by atoms with Crippen LogP contribution in [0.15, 0.2) is 42.5 Å². The van der Waals surface area contributed by atoms with E-state index in [1.165, 1.54) is 21.9 Å². The summed E-state index contributed by atoms with van der Waals surface area (Å²) in [7, 11) is 0. The molecule has 0 radical (unpaired) electrons. The van der Waals surface area contributed by atoms with Crippen molar-refractivity contribution in [3.63, 3.8) is 0 Å². The van der Waals surface area contributed by atoms with Gasteiger partial charge in [-0.25, -0.2) is 0 Å². The fourth-order valence-electron chi connectivity index (χ4n) is 3.00. The SMILES string of the molecule is NCCCN1CC=C(c2cccc3ccc(Cl)cc23)CC1. The molecule has 1 heterocycles. The van der Waals surface area contributed by atoms with Gasteiger partial charge in [0.15, 0.2) is 0 Å². The van der Waals surface area contributed by atoms with E-state index in [4.69, 9.17) is 17.3 Å². The standard InChI is InChI=1S/C18H21ClN2/c19-16-6-5-14-3-1-4-17(18(14)13-16)15-7-11-21(12-8-15)10-2-9-20/h1,3-7,13H,2,8-12,20H2. The molecule has 0 aromatic heterocycles. The molecule has 0 saturated heterocycles. The fourth-order valence-corrected chi connectivity index (χ4v) is 3.17. The predicted octanol–water partition coefficient (Wildman–Crippen LogP) is 3.93. The summed E-state index contributed by atoms with van der Waals surface area (Å²) in [6, 6.07) is 12.6. The van der Waals surface area contributed by atoms with Crippen molar-refractivity contribution in [2.24, 2.45) is 5.73 Å². The molecule has 3 rings (SSSR count). The normalized spacial score (nSPS) is 16.2. The summed E-state index contributed by atoms with van der Waals surface area (Å²) in [5, 5.41) is 3.31. The lowest BCUT2D eigenvalue weighted by Gasteiger charge is -2.26. The molecule has 0 spiro atoms. The Hall–Kier alpha value is -1.35. The molecule has 0 atom stereocenters. The smallest absolute Gasteiger partial charge is 0.0412 e. The Morgan fingerprint density at radius 1 is 1.19 bits per heavy atom. The Balaban J connectivity index is 1.88. The Labute approximate surface area is 131 Å². The fraction of sp³-hybridized carbons (Fsp3) is 0.333. The lowest BCUT2D eigenvalue weighted by atomic mass is 9.94.